The van der Waals surface area contributed by atoms with Crippen LogP contribution in [0.4, 0.5) is 8.78 Å². The van der Waals surface area contributed by atoms with Gasteiger partial charge in [-0.05, 0) is 35.4 Å². The maximum absolute atomic E-state index is 13.3. The number of carboxylic acids is 1. The van der Waals surface area contributed by atoms with E-state index in [9.17, 15) is 18.7 Å². The zero-order valence-electron chi connectivity index (χ0n) is 13.0. The zero-order chi connectivity index (χ0) is 17.8. The molecule has 0 saturated heterocycles. The maximum atomic E-state index is 13.3. The molecule has 3 rings (SSSR count). The third-order valence-corrected chi connectivity index (χ3v) is 3.51. The first-order valence-electron chi connectivity index (χ1n) is 7.44. The number of carbonyl (C=O) groups is 1. The number of ether oxygens (including phenoxy) is 1. The second-order valence-corrected chi connectivity index (χ2v) is 5.37. The Hall–Kier alpha value is -3.22. The van der Waals surface area contributed by atoms with E-state index in [4.69, 9.17) is 4.74 Å². The summed E-state index contributed by atoms with van der Waals surface area (Å²) in [6.07, 6.45) is 1.28. The highest BCUT2D eigenvalue weighted by atomic mass is 19.1. The van der Waals surface area contributed by atoms with Crippen molar-refractivity contribution in [3.8, 4) is 5.75 Å². The van der Waals surface area contributed by atoms with Gasteiger partial charge in [-0.25, -0.2) is 13.6 Å². The minimum atomic E-state index is -1.22. The van der Waals surface area contributed by atoms with Gasteiger partial charge in [0.25, 0.3) is 0 Å². The van der Waals surface area contributed by atoms with Gasteiger partial charge in [0.15, 0.2) is 11.4 Å². The molecule has 0 saturated carbocycles. The van der Waals surface area contributed by atoms with Gasteiger partial charge in [0.1, 0.15) is 18.2 Å². The van der Waals surface area contributed by atoms with E-state index in [0.29, 0.717) is 11.1 Å². The Morgan fingerprint density at radius 1 is 1.08 bits per heavy atom. The van der Waals surface area contributed by atoms with Crippen LogP contribution in [0, 0.1) is 11.6 Å². The Labute approximate surface area is 142 Å². The van der Waals surface area contributed by atoms with Crippen molar-refractivity contribution in [2.45, 2.75) is 13.2 Å². The van der Waals surface area contributed by atoms with Gasteiger partial charge >= 0.3 is 5.97 Å². The van der Waals surface area contributed by atoms with E-state index >= 15 is 0 Å². The molecule has 128 valence electrons. The van der Waals surface area contributed by atoms with Crippen molar-refractivity contribution in [1.29, 1.82) is 0 Å². The predicted octanol–water partition coefficient (Wildman–Crippen LogP) is 3.49. The fourth-order valence-electron chi connectivity index (χ4n) is 2.41. The van der Waals surface area contributed by atoms with Gasteiger partial charge in [-0.15, -0.1) is 0 Å². The van der Waals surface area contributed by atoms with Crippen LogP contribution in [0.3, 0.4) is 0 Å². The highest BCUT2D eigenvalue weighted by Crippen LogP contribution is 2.21. The monoisotopic (exact) mass is 344 g/mol. The summed E-state index contributed by atoms with van der Waals surface area (Å²) in [6, 6.07) is 11.6. The Morgan fingerprint density at radius 2 is 1.72 bits per heavy atom. The Bertz CT molecular complexity index is 909. The summed E-state index contributed by atoms with van der Waals surface area (Å²) in [5.74, 6) is -1.97. The highest BCUT2D eigenvalue weighted by Gasteiger charge is 2.19. The summed E-state index contributed by atoms with van der Waals surface area (Å²) < 4.78 is 33.2. The second kappa shape index (κ2) is 7.12. The van der Waals surface area contributed by atoms with Crippen LogP contribution in [0.25, 0.3) is 0 Å². The quantitative estimate of drug-likeness (QED) is 0.743. The lowest BCUT2D eigenvalue weighted by atomic mass is 10.2. The number of carboxylic acid groups (broad SMARTS) is 1. The molecule has 0 fully saturated rings. The third kappa shape index (κ3) is 4.00. The zero-order valence-corrected chi connectivity index (χ0v) is 13.0. The van der Waals surface area contributed by atoms with Gasteiger partial charge in [-0.3, -0.25) is 4.68 Å². The predicted molar refractivity (Wildman–Crippen MR) is 85.4 cm³/mol. The maximum Gasteiger partial charge on any atom is 0.358 e. The number of halogens is 2. The number of hydrogen-bond donors (Lipinski definition) is 1. The van der Waals surface area contributed by atoms with Gasteiger partial charge in [-0.1, -0.05) is 24.3 Å². The van der Waals surface area contributed by atoms with E-state index in [0.717, 1.165) is 0 Å². The van der Waals surface area contributed by atoms with Gasteiger partial charge in [0, 0.05) is 0 Å². The second-order valence-electron chi connectivity index (χ2n) is 5.37. The molecule has 0 radical (unpaired) electrons. The highest BCUT2D eigenvalue weighted by molar-refractivity contribution is 5.88. The smallest absolute Gasteiger partial charge is 0.358 e. The summed E-state index contributed by atoms with van der Waals surface area (Å²) >= 11 is 0. The molecule has 5 nitrogen and oxygen atoms in total. The summed E-state index contributed by atoms with van der Waals surface area (Å²) in [4.78, 5) is 11.6. The number of aromatic nitrogens is 2. The number of rotatable bonds is 6. The van der Waals surface area contributed by atoms with Gasteiger partial charge in [-0.2, -0.15) is 5.10 Å². The minimum Gasteiger partial charge on any atom is -0.485 e. The number of aromatic carboxylic acids is 1. The van der Waals surface area contributed by atoms with Crippen LogP contribution >= 0.6 is 0 Å². The first kappa shape index (κ1) is 16.6. The van der Waals surface area contributed by atoms with Crippen LogP contribution in [-0.2, 0) is 13.2 Å². The van der Waals surface area contributed by atoms with E-state index in [-0.39, 0.29) is 24.6 Å². The first-order valence-corrected chi connectivity index (χ1v) is 7.44. The lowest BCUT2D eigenvalue weighted by Gasteiger charge is -2.08. The summed E-state index contributed by atoms with van der Waals surface area (Å²) in [6.45, 7) is 0.0897. The molecule has 0 bridgehead atoms. The summed E-state index contributed by atoms with van der Waals surface area (Å²) in [5, 5.41) is 13.4. The van der Waals surface area contributed by atoms with E-state index in [1.165, 1.54) is 41.2 Å². The van der Waals surface area contributed by atoms with Gasteiger partial charge in [0.2, 0.25) is 0 Å². The first-order chi connectivity index (χ1) is 12.0. The Balaban J connectivity index is 1.81. The number of hydrogen-bond acceptors (Lipinski definition) is 3. The molecule has 0 atom stereocenters. The fraction of sp³-hybridized carbons (Fsp3) is 0.111. The molecular weight excluding hydrogens is 330 g/mol. The van der Waals surface area contributed by atoms with E-state index < -0.39 is 17.6 Å². The average Bonchev–Trinajstić information content (AvgIpc) is 2.96. The fourth-order valence-corrected chi connectivity index (χ4v) is 2.41. The average molecular weight is 344 g/mol. The Morgan fingerprint density at radius 3 is 2.36 bits per heavy atom. The van der Waals surface area contributed by atoms with Crippen LogP contribution in [0.2, 0.25) is 0 Å². The molecule has 0 aliphatic carbocycles. The molecule has 1 aromatic heterocycles. The van der Waals surface area contributed by atoms with E-state index in [1.54, 1.807) is 18.2 Å². The van der Waals surface area contributed by atoms with Crippen molar-refractivity contribution in [1.82, 2.24) is 9.78 Å². The van der Waals surface area contributed by atoms with Crippen LogP contribution in [-0.4, -0.2) is 20.9 Å². The summed E-state index contributed by atoms with van der Waals surface area (Å²) in [5.41, 5.74) is 0.983. The van der Waals surface area contributed by atoms with E-state index in [2.05, 4.69) is 5.10 Å². The lowest BCUT2D eigenvalue weighted by molar-refractivity contribution is 0.0678. The van der Waals surface area contributed by atoms with Crippen molar-refractivity contribution in [2.75, 3.05) is 0 Å². The van der Waals surface area contributed by atoms with Crippen molar-refractivity contribution in [3.63, 3.8) is 0 Å². The molecule has 1 N–H and O–H groups in total. The summed E-state index contributed by atoms with van der Waals surface area (Å²) in [7, 11) is 0. The number of nitrogens with zero attached hydrogens (tertiary/aromatic N) is 2. The van der Waals surface area contributed by atoms with Crippen molar-refractivity contribution in [3.05, 3.63) is 83.2 Å². The van der Waals surface area contributed by atoms with Crippen LogP contribution in [0.15, 0.2) is 54.7 Å². The normalized spacial score (nSPS) is 10.6. The SMILES string of the molecule is O=C(O)c1c(OCc2cccc(F)c2)cnn1Cc1cccc(F)c1. The molecule has 0 unspecified atom stereocenters. The van der Waals surface area contributed by atoms with Crippen molar-refractivity contribution in [2.24, 2.45) is 0 Å². The third-order valence-electron chi connectivity index (χ3n) is 3.51. The standard InChI is InChI=1S/C18H14F2N2O3/c19-14-5-1-3-12(7-14)10-22-17(18(23)24)16(9-21-22)25-11-13-4-2-6-15(20)8-13/h1-9H,10-11H2,(H,23,24). The van der Waals surface area contributed by atoms with E-state index in [1.807, 2.05) is 0 Å². The minimum absolute atomic E-state index is 0.00367. The molecular formula is C18H14F2N2O3. The van der Waals surface area contributed by atoms with Crippen LogP contribution < -0.4 is 4.74 Å². The number of benzene rings is 2. The molecule has 2 aromatic carbocycles. The van der Waals surface area contributed by atoms with Gasteiger partial charge in [0.05, 0.1) is 12.7 Å². The van der Waals surface area contributed by atoms with Crippen molar-refractivity contribution >= 4 is 5.97 Å². The molecule has 0 aliphatic heterocycles. The molecule has 25 heavy (non-hydrogen) atoms. The largest absolute Gasteiger partial charge is 0.485 e. The molecule has 7 heteroatoms. The van der Waals surface area contributed by atoms with Gasteiger partial charge < -0.3 is 9.84 Å². The van der Waals surface area contributed by atoms with Crippen LogP contribution in [0.5, 0.6) is 5.75 Å². The lowest BCUT2D eigenvalue weighted by Crippen LogP contribution is -2.12. The molecule has 0 spiro atoms. The molecule has 3 aromatic rings. The topological polar surface area (TPSA) is 64.3 Å². The van der Waals surface area contributed by atoms with Crippen molar-refractivity contribution < 1.29 is 23.4 Å². The molecule has 0 aliphatic rings. The molecule has 0 amide bonds. The van der Waals surface area contributed by atoms with Crippen LogP contribution in [0.1, 0.15) is 21.6 Å². The molecule has 1 heterocycles. The Kier molecular flexibility index (Phi) is 4.74.